The number of aryl methyl sites for hydroxylation is 1. The van der Waals surface area contributed by atoms with Crippen LogP contribution in [0.15, 0.2) is 52.4 Å². The Labute approximate surface area is 152 Å². The highest BCUT2D eigenvalue weighted by atomic mass is 79.9. The number of aromatic nitrogens is 2. The number of hydrogen-bond donors (Lipinski definition) is 2. The highest BCUT2D eigenvalue weighted by Crippen LogP contribution is 2.22. The minimum Gasteiger partial charge on any atom is -0.326 e. The molecule has 122 valence electrons. The van der Waals surface area contributed by atoms with Crippen molar-refractivity contribution in [3.8, 4) is 0 Å². The van der Waals surface area contributed by atoms with Gasteiger partial charge in [-0.3, -0.25) is 4.79 Å². The summed E-state index contributed by atoms with van der Waals surface area (Å²) < 4.78 is 0.989. The van der Waals surface area contributed by atoms with Gasteiger partial charge in [0, 0.05) is 21.7 Å². The van der Waals surface area contributed by atoms with Gasteiger partial charge in [0.25, 0.3) is 0 Å². The molecule has 0 bridgehead atoms. The van der Waals surface area contributed by atoms with Crippen molar-refractivity contribution in [2.75, 3.05) is 10.6 Å². The van der Waals surface area contributed by atoms with Crippen molar-refractivity contribution in [3.05, 3.63) is 63.7 Å². The summed E-state index contributed by atoms with van der Waals surface area (Å²) in [6.45, 7) is 1.96. The van der Waals surface area contributed by atoms with Crippen LogP contribution in [0, 0.1) is 6.92 Å². The Kier molecular flexibility index (Phi) is 5.22. The molecule has 2 aromatic heterocycles. The summed E-state index contributed by atoms with van der Waals surface area (Å²) in [5.41, 5.74) is 2.55. The molecule has 0 aliphatic rings. The predicted octanol–water partition coefficient (Wildman–Crippen LogP) is 4.53. The van der Waals surface area contributed by atoms with Gasteiger partial charge in [-0.2, -0.15) is 0 Å². The molecule has 3 aromatic rings. The second kappa shape index (κ2) is 7.55. The second-order valence-electron chi connectivity index (χ2n) is 5.17. The lowest BCUT2D eigenvalue weighted by atomic mass is 10.2. The van der Waals surface area contributed by atoms with Crippen LogP contribution in [0.4, 0.5) is 16.6 Å². The maximum absolute atomic E-state index is 12.2. The van der Waals surface area contributed by atoms with Crippen molar-refractivity contribution in [1.29, 1.82) is 0 Å². The summed E-state index contributed by atoms with van der Waals surface area (Å²) >= 11 is 4.86. The van der Waals surface area contributed by atoms with Gasteiger partial charge in [-0.05, 0) is 42.8 Å². The van der Waals surface area contributed by atoms with Gasteiger partial charge in [-0.15, -0.1) is 11.3 Å². The van der Waals surface area contributed by atoms with Gasteiger partial charge in [0.05, 0.1) is 12.1 Å². The number of thiazole rings is 1. The van der Waals surface area contributed by atoms with Crippen molar-refractivity contribution >= 4 is 49.8 Å². The minimum atomic E-state index is -0.0879. The quantitative estimate of drug-likeness (QED) is 0.657. The zero-order valence-corrected chi connectivity index (χ0v) is 15.3. The number of nitrogens with zero attached hydrogens (tertiary/aromatic N) is 2. The van der Waals surface area contributed by atoms with Crippen molar-refractivity contribution in [2.45, 2.75) is 13.3 Å². The van der Waals surface area contributed by atoms with Gasteiger partial charge in [0.15, 0.2) is 5.13 Å². The number of nitrogens with one attached hydrogen (secondary N) is 2. The first-order valence-electron chi connectivity index (χ1n) is 7.28. The molecule has 3 rings (SSSR count). The van der Waals surface area contributed by atoms with E-state index in [9.17, 15) is 4.79 Å². The molecule has 0 saturated carbocycles. The molecular weight excluding hydrogens is 388 g/mol. The third-order valence-electron chi connectivity index (χ3n) is 3.26. The van der Waals surface area contributed by atoms with E-state index < -0.39 is 0 Å². The zero-order valence-electron chi connectivity index (χ0n) is 12.9. The van der Waals surface area contributed by atoms with Gasteiger partial charge < -0.3 is 10.6 Å². The maximum Gasteiger partial charge on any atom is 0.230 e. The molecule has 0 aliphatic carbocycles. The molecule has 0 saturated heterocycles. The number of anilines is 3. The number of carbonyl (C=O) groups is 1. The first-order valence-corrected chi connectivity index (χ1v) is 8.96. The summed E-state index contributed by atoms with van der Waals surface area (Å²) in [4.78, 5) is 20.8. The van der Waals surface area contributed by atoms with Gasteiger partial charge in [-0.1, -0.05) is 22.0 Å². The Morgan fingerprint density at radius 1 is 1.29 bits per heavy atom. The molecule has 5 nitrogen and oxygen atoms in total. The number of hydrogen-bond acceptors (Lipinski definition) is 5. The van der Waals surface area contributed by atoms with Crippen molar-refractivity contribution < 1.29 is 4.79 Å². The van der Waals surface area contributed by atoms with Crippen LogP contribution in [0.25, 0.3) is 0 Å². The van der Waals surface area contributed by atoms with E-state index in [0.717, 1.165) is 32.4 Å². The van der Waals surface area contributed by atoms with Crippen LogP contribution in [0.1, 0.15) is 11.3 Å². The van der Waals surface area contributed by atoms with Crippen LogP contribution in [-0.4, -0.2) is 15.9 Å². The molecule has 0 spiro atoms. The lowest BCUT2D eigenvalue weighted by molar-refractivity contribution is -0.115. The highest BCUT2D eigenvalue weighted by Gasteiger charge is 2.10. The first kappa shape index (κ1) is 16.6. The monoisotopic (exact) mass is 402 g/mol. The average molecular weight is 403 g/mol. The van der Waals surface area contributed by atoms with Crippen LogP contribution in [0.5, 0.6) is 0 Å². The average Bonchev–Trinajstić information content (AvgIpc) is 2.98. The molecule has 24 heavy (non-hydrogen) atoms. The van der Waals surface area contributed by atoms with E-state index in [4.69, 9.17) is 0 Å². The number of carbonyl (C=O) groups excluding carboxylic acids is 1. The van der Waals surface area contributed by atoms with E-state index in [-0.39, 0.29) is 12.3 Å². The summed E-state index contributed by atoms with van der Waals surface area (Å²) in [5, 5.41) is 8.63. The molecular formula is C17H15BrN4OS. The fourth-order valence-corrected chi connectivity index (χ4v) is 3.31. The van der Waals surface area contributed by atoms with E-state index in [2.05, 4.69) is 36.5 Å². The van der Waals surface area contributed by atoms with Crippen LogP contribution in [0.3, 0.4) is 0 Å². The summed E-state index contributed by atoms with van der Waals surface area (Å²) in [5.74, 6) is 0.642. The van der Waals surface area contributed by atoms with Gasteiger partial charge >= 0.3 is 0 Å². The van der Waals surface area contributed by atoms with E-state index in [0.29, 0.717) is 0 Å². The lowest BCUT2D eigenvalue weighted by Crippen LogP contribution is -2.15. The molecule has 7 heteroatoms. The molecule has 0 aliphatic heterocycles. The molecule has 0 radical (unpaired) electrons. The second-order valence-corrected chi connectivity index (χ2v) is 6.94. The standard InChI is InChI=1S/C17H15BrN4OS/c1-11-8-12(18)5-6-14(11)21-16(23)9-13-10-24-17(20-13)22-15-4-2-3-7-19-15/h2-8,10H,9H2,1H3,(H,21,23)(H,19,20,22). The zero-order chi connectivity index (χ0) is 16.9. The Balaban J connectivity index is 1.61. The third-order valence-corrected chi connectivity index (χ3v) is 4.56. The molecule has 2 N–H and O–H groups in total. The summed E-state index contributed by atoms with van der Waals surface area (Å²) in [6, 6.07) is 11.4. The number of pyridine rings is 1. The number of amides is 1. The predicted molar refractivity (Wildman–Crippen MR) is 101 cm³/mol. The van der Waals surface area contributed by atoms with Crippen molar-refractivity contribution in [1.82, 2.24) is 9.97 Å². The van der Waals surface area contributed by atoms with E-state index in [1.165, 1.54) is 11.3 Å². The van der Waals surface area contributed by atoms with Crippen LogP contribution in [-0.2, 0) is 11.2 Å². The number of benzene rings is 1. The fraction of sp³-hybridized carbons (Fsp3) is 0.118. The topological polar surface area (TPSA) is 66.9 Å². The molecule has 1 amide bonds. The Hall–Kier alpha value is -2.25. The normalized spacial score (nSPS) is 10.4. The first-order chi connectivity index (χ1) is 11.6. The Morgan fingerprint density at radius 3 is 2.92 bits per heavy atom. The van der Waals surface area contributed by atoms with Crippen LogP contribution >= 0.6 is 27.3 Å². The van der Waals surface area contributed by atoms with Crippen LogP contribution in [0.2, 0.25) is 0 Å². The van der Waals surface area contributed by atoms with E-state index >= 15 is 0 Å². The third kappa shape index (κ3) is 4.39. The van der Waals surface area contributed by atoms with E-state index in [1.54, 1.807) is 6.20 Å². The van der Waals surface area contributed by atoms with Gasteiger partial charge in [0.2, 0.25) is 5.91 Å². The Morgan fingerprint density at radius 2 is 2.17 bits per heavy atom. The van der Waals surface area contributed by atoms with Crippen LogP contribution < -0.4 is 10.6 Å². The van der Waals surface area contributed by atoms with Crippen molar-refractivity contribution in [3.63, 3.8) is 0 Å². The highest BCUT2D eigenvalue weighted by molar-refractivity contribution is 9.10. The number of rotatable bonds is 5. The number of halogens is 1. The molecule has 0 fully saturated rings. The smallest absolute Gasteiger partial charge is 0.230 e. The largest absolute Gasteiger partial charge is 0.326 e. The molecule has 2 heterocycles. The maximum atomic E-state index is 12.2. The Bertz CT molecular complexity index is 851. The molecule has 0 atom stereocenters. The van der Waals surface area contributed by atoms with Gasteiger partial charge in [0.1, 0.15) is 5.82 Å². The SMILES string of the molecule is Cc1cc(Br)ccc1NC(=O)Cc1csc(Nc2ccccn2)n1. The molecule has 1 aromatic carbocycles. The van der Waals surface area contributed by atoms with E-state index in [1.807, 2.05) is 48.7 Å². The lowest BCUT2D eigenvalue weighted by Gasteiger charge is -2.08. The summed E-state index contributed by atoms with van der Waals surface area (Å²) in [7, 11) is 0. The van der Waals surface area contributed by atoms with Gasteiger partial charge in [-0.25, -0.2) is 9.97 Å². The molecule has 0 unspecified atom stereocenters. The minimum absolute atomic E-state index is 0.0879. The van der Waals surface area contributed by atoms with Crippen molar-refractivity contribution in [2.24, 2.45) is 0 Å². The fourth-order valence-electron chi connectivity index (χ4n) is 2.12. The summed E-state index contributed by atoms with van der Waals surface area (Å²) in [6.07, 6.45) is 1.95.